The molecule has 2 amide bonds. The highest BCUT2D eigenvalue weighted by Crippen LogP contribution is 2.33. The second-order valence-electron chi connectivity index (χ2n) is 6.73. The molecule has 0 spiro atoms. The molecule has 1 aromatic carbocycles. The largest absolute Gasteiger partial charge is 0.481 e. The summed E-state index contributed by atoms with van der Waals surface area (Å²) in [7, 11) is 1.45. The lowest BCUT2D eigenvalue weighted by Crippen LogP contribution is -2.53. The number of ether oxygens (including phenoxy) is 2. The maximum Gasteiger partial charge on any atom is 0.313 e. The van der Waals surface area contributed by atoms with Gasteiger partial charge in [-0.05, 0) is 25.0 Å². The van der Waals surface area contributed by atoms with E-state index in [0.29, 0.717) is 30.8 Å². The number of carbonyl (C=O) groups excluding carboxylic acids is 2. The number of piperidine rings is 1. The zero-order valence-corrected chi connectivity index (χ0v) is 14.6. The Morgan fingerprint density at radius 1 is 1.42 bits per heavy atom. The van der Waals surface area contributed by atoms with Gasteiger partial charge in [0.05, 0.1) is 18.7 Å². The normalized spacial score (nSPS) is 25.0. The molecule has 2 heterocycles. The van der Waals surface area contributed by atoms with Crippen molar-refractivity contribution in [3.63, 3.8) is 0 Å². The number of rotatable bonds is 5. The second-order valence-corrected chi connectivity index (χ2v) is 6.73. The van der Waals surface area contributed by atoms with Crippen LogP contribution in [0.1, 0.15) is 19.3 Å². The van der Waals surface area contributed by atoms with Crippen molar-refractivity contribution in [1.82, 2.24) is 4.90 Å². The van der Waals surface area contributed by atoms with Gasteiger partial charge in [0.15, 0.2) is 6.10 Å². The minimum atomic E-state index is -1.11. The topological polar surface area (TPSA) is 105 Å². The Kier molecular flexibility index (Phi) is 5.13. The predicted molar refractivity (Wildman–Crippen MR) is 91.9 cm³/mol. The molecule has 1 fully saturated rings. The molecule has 2 aliphatic heterocycles. The molecular weight excluding hydrogens is 340 g/mol. The van der Waals surface area contributed by atoms with E-state index in [2.05, 4.69) is 5.32 Å². The van der Waals surface area contributed by atoms with E-state index in [1.807, 2.05) is 0 Å². The van der Waals surface area contributed by atoms with Crippen LogP contribution in [0.2, 0.25) is 0 Å². The van der Waals surface area contributed by atoms with Gasteiger partial charge in [0.25, 0.3) is 5.91 Å². The van der Waals surface area contributed by atoms with Crippen LogP contribution in [0.5, 0.6) is 5.75 Å². The van der Waals surface area contributed by atoms with Gasteiger partial charge >= 0.3 is 5.97 Å². The van der Waals surface area contributed by atoms with Crippen molar-refractivity contribution in [3.05, 3.63) is 24.3 Å². The zero-order valence-electron chi connectivity index (χ0n) is 14.6. The van der Waals surface area contributed by atoms with Gasteiger partial charge < -0.3 is 24.8 Å². The first-order chi connectivity index (χ1) is 12.4. The maximum absolute atomic E-state index is 12.7. The van der Waals surface area contributed by atoms with Gasteiger partial charge in [-0.1, -0.05) is 12.1 Å². The Hall–Kier alpha value is -2.61. The second kappa shape index (κ2) is 7.33. The first kappa shape index (κ1) is 18.2. The molecule has 26 heavy (non-hydrogen) atoms. The van der Waals surface area contributed by atoms with Gasteiger partial charge in [0.1, 0.15) is 11.2 Å². The molecule has 8 nitrogen and oxygen atoms in total. The third-order valence-corrected chi connectivity index (χ3v) is 4.87. The fourth-order valence-corrected chi connectivity index (χ4v) is 3.49. The highest BCUT2D eigenvalue weighted by atomic mass is 16.5. The summed E-state index contributed by atoms with van der Waals surface area (Å²) in [5.41, 5.74) is -0.533. The van der Waals surface area contributed by atoms with E-state index in [1.54, 1.807) is 24.3 Å². The van der Waals surface area contributed by atoms with Crippen LogP contribution >= 0.6 is 0 Å². The van der Waals surface area contributed by atoms with E-state index in [9.17, 15) is 19.5 Å². The molecule has 0 radical (unpaired) electrons. The maximum atomic E-state index is 12.7. The van der Waals surface area contributed by atoms with Crippen molar-refractivity contribution in [3.8, 4) is 5.75 Å². The average molecular weight is 362 g/mol. The number of likely N-dealkylation sites (tertiary alicyclic amines) is 1. The number of aliphatic carboxylic acids is 1. The third kappa shape index (κ3) is 3.50. The lowest BCUT2D eigenvalue weighted by Gasteiger charge is -2.40. The van der Waals surface area contributed by atoms with E-state index in [-0.39, 0.29) is 31.4 Å². The van der Waals surface area contributed by atoms with Crippen LogP contribution in [-0.4, -0.2) is 60.7 Å². The van der Waals surface area contributed by atoms with Gasteiger partial charge in [0.2, 0.25) is 5.91 Å². The van der Waals surface area contributed by atoms with Crippen molar-refractivity contribution in [2.75, 3.05) is 32.1 Å². The molecule has 8 heteroatoms. The van der Waals surface area contributed by atoms with Gasteiger partial charge in [-0.25, -0.2) is 0 Å². The Labute approximate surface area is 151 Å². The van der Waals surface area contributed by atoms with Crippen LogP contribution in [-0.2, 0) is 19.1 Å². The summed E-state index contributed by atoms with van der Waals surface area (Å²) < 4.78 is 10.7. The van der Waals surface area contributed by atoms with Gasteiger partial charge in [-0.3, -0.25) is 14.4 Å². The molecule has 2 unspecified atom stereocenters. The number of nitrogens with zero attached hydrogens (tertiary/aromatic N) is 1. The van der Waals surface area contributed by atoms with Gasteiger partial charge in [-0.15, -0.1) is 0 Å². The highest BCUT2D eigenvalue weighted by molar-refractivity contribution is 6.00. The van der Waals surface area contributed by atoms with Crippen LogP contribution in [0.4, 0.5) is 5.69 Å². The van der Waals surface area contributed by atoms with Crippen molar-refractivity contribution in [2.24, 2.45) is 5.41 Å². The SMILES string of the molecule is COCC1(C(=O)O)CCCN(C(=O)CC2Oc3ccccc3NC2=O)C1. The minimum Gasteiger partial charge on any atom is -0.481 e. The minimum absolute atomic E-state index is 0.0416. The summed E-state index contributed by atoms with van der Waals surface area (Å²) in [5, 5.41) is 12.3. The summed E-state index contributed by atoms with van der Waals surface area (Å²) >= 11 is 0. The van der Waals surface area contributed by atoms with E-state index in [1.165, 1.54) is 12.0 Å². The Morgan fingerprint density at radius 3 is 2.92 bits per heavy atom. The van der Waals surface area contributed by atoms with Crippen LogP contribution < -0.4 is 10.1 Å². The number of methoxy groups -OCH3 is 1. The van der Waals surface area contributed by atoms with Crippen molar-refractivity contribution in [2.45, 2.75) is 25.4 Å². The quantitative estimate of drug-likeness (QED) is 0.813. The first-order valence-electron chi connectivity index (χ1n) is 8.52. The smallest absolute Gasteiger partial charge is 0.313 e. The number of anilines is 1. The number of carbonyl (C=O) groups is 3. The van der Waals surface area contributed by atoms with Crippen LogP contribution in [0.3, 0.4) is 0 Å². The molecule has 0 aromatic heterocycles. The van der Waals surface area contributed by atoms with Crippen LogP contribution in [0, 0.1) is 5.41 Å². The average Bonchev–Trinajstić information content (AvgIpc) is 2.62. The number of carboxylic acid groups (broad SMARTS) is 1. The van der Waals surface area contributed by atoms with Gasteiger partial charge in [0, 0.05) is 20.2 Å². The molecule has 1 saturated heterocycles. The molecule has 2 aliphatic rings. The van der Waals surface area contributed by atoms with E-state index >= 15 is 0 Å². The summed E-state index contributed by atoms with van der Waals surface area (Å²) in [6.45, 7) is 0.572. The molecule has 1 aromatic rings. The molecule has 2 N–H and O–H groups in total. The number of hydrogen-bond donors (Lipinski definition) is 2. The number of amides is 2. The summed E-state index contributed by atoms with van der Waals surface area (Å²) in [6, 6.07) is 7.01. The Balaban J connectivity index is 1.68. The van der Waals surface area contributed by atoms with Crippen molar-refractivity contribution >= 4 is 23.5 Å². The number of para-hydroxylation sites is 2. The summed E-state index contributed by atoms with van der Waals surface area (Å²) in [6.07, 6.45) is -0.0422. The highest BCUT2D eigenvalue weighted by Gasteiger charge is 2.44. The standard InChI is InChI=1S/C18H22N2O6/c1-25-11-18(17(23)24)7-4-8-20(10-18)15(21)9-14-16(22)19-12-5-2-3-6-13(12)26-14/h2-3,5-6,14H,4,7-11H2,1H3,(H,19,22)(H,23,24). The zero-order chi connectivity index (χ0) is 18.7. The number of carboxylic acids is 1. The number of hydrogen-bond acceptors (Lipinski definition) is 5. The molecule has 0 aliphatic carbocycles. The fourth-order valence-electron chi connectivity index (χ4n) is 3.49. The molecular formula is C18H22N2O6. The molecule has 3 rings (SSSR count). The fraction of sp³-hybridized carbons (Fsp3) is 0.500. The summed E-state index contributed by atoms with van der Waals surface area (Å²) in [5.74, 6) is -1.14. The van der Waals surface area contributed by atoms with Crippen molar-refractivity contribution < 1.29 is 29.0 Å². The monoisotopic (exact) mass is 362 g/mol. The predicted octanol–water partition coefficient (Wildman–Crippen LogP) is 1.12. The van der Waals surface area contributed by atoms with E-state index in [0.717, 1.165) is 0 Å². The van der Waals surface area contributed by atoms with Crippen LogP contribution in [0.15, 0.2) is 24.3 Å². The number of benzene rings is 1. The molecule has 0 bridgehead atoms. The third-order valence-electron chi connectivity index (χ3n) is 4.87. The first-order valence-corrected chi connectivity index (χ1v) is 8.52. The Morgan fingerprint density at radius 2 is 2.19 bits per heavy atom. The summed E-state index contributed by atoms with van der Waals surface area (Å²) in [4.78, 5) is 38.1. The van der Waals surface area contributed by atoms with E-state index < -0.39 is 17.5 Å². The number of nitrogens with one attached hydrogen (secondary N) is 1. The lowest BCUT2D eigenvalue weighted by atomic mass is 9.80. The van der Waals surface area contributed by atoms with E-state index in [4.69, 9.17) is 9.47 Å². The molecule has 0 saturated carbocycles. The van der Waals surface area contributed by atoms with Crippen LogP contribution in [0.25, 0.3) is 0 Å². The van der Waals surface area contributed by atoms with Gasteiger partial charge in [-0.2, -0.15) is 0 Å². The Bertz CT molecular complexity index is 717. The number of fused-ring (bicyclic) bond motifs is 1. The van der Waals surface area contributed by atoms with Crippen molar-refractivity contribution in [1.29, 1.82) is 0 Å². The molecule has 140 valence electrons. The molecule has 2 atom stereocenters. The lowest BCUT2D eigenvalue weighted by molar-refractivity contribution is -0.159.